The Bertz CT molecular complexity index is 412. The van der Waals surface area contributed by atoms with Crippen LogP contribution in [0.3, 0.4) is 0 Å². The Labute approximate surface area is 158 Å². The van der Waals surface area contributed by atoms with Gasteiger partial charge >= 0.3 is 6.18 Å². The SMILES string of the molecule is CCCNC(=O)CNC(=NC)N1CCN(C(C)C(F)(F)F)CC1.I. The minimum atomic E-state index is -4.21. The van der Waals surface area contributed by atoms with Crippen molar-refractivity contribution in [1.29, 1.82) is 0 Å². The molecule has 6 nitrogen and oxygen atoms in total. The van der Waals surface area contributed by atoms with Gasteiger partial charge in [-0.05, 0) is 13.3 Å². The first kappa shape index (κ1) is 23.2. The van der Waals surface area contributed by atoms with E-state index in [1.807, 2.05) is 11.8 Å². The van der Waals surface area contributed by atoms with Gasteiger partial charge in [0.1, 0.15) is 6.04 Å². The van der Waals surface area contributed by atoms with Crippen molar-refractivity contribution in [2.45, 2.75) is 32.5 Å². The maximum atomic E-state index is 12.7. The first-order chi connectivity index (χ1) is 10.8. The number of nitrogens with one attached hydrogen (secondary N) is 2. The molecule has 1 unspecified atom stereocenters. The number of carbonyl (C=O) groups excluding carboxylic acids is 1. The average Bonchev–Trinajstić information content (AvgIpc) is 2.52. The lowest BCUT2D eigenvalue weighted by molar-refractivity contribution is -0.181. The predicted octanol–water partition coefficient (Wildman–Crippen LogP) is 1.27. The summed E-state index contributed by atoms with van der Waals surface area (Å²) in [5.41, 5.74) is 0. The van der Waals surface area contributed by atoms with Crippen molar-refractivity contribution in [2.75, 3.05) is 46.3 Å². The van der Waals surface area contributed by atoms with Crippen LogP contribution in [0.4, 0.5) is 13.2 Å². The van der Waals surface area contributed by atoms with Crippen LogP contribution in [0.2, 0.25) is 0 Å². The minimum Gasteiger partial charge on any atom is -0.355 e. The Kier molecular flexibility index (Phi) is 10.6. The quantitative estimate of drug-likeness (QED) is 0.365. The number of halogens is 4. The molecule has 24 heavy (non-hydrogen) atoms. The van der Waals surface area contributed by atoms with Crippen LogP contribution in [-0.2, 0) is 4.79 Å². The zero-order valence-electron chi connectivity index (χ0n) is 14.3. The second-order valence-electron chi connectivity index (χ2n) is 5.49. The number of rotatable bonds is 5. The van der Waals surface area contributed by atoms with Crippen molar-refractivity contribution in [2.24, 2.45) is 4.99 Å². The fourth-order valence-corrected chi connectivity index (χ4v) is 2.35. The van der Waals surface area contributed by atoms with Gasteiger partial charge in [0.15, 0.2) is 5.96 Å². The normalized spacial score (nSPS) is 17.9. The molecule has 1 rings (SSSR count). The lowest BCUT2D eigenvalue weighted by atomic mass is 10.2. The van der Waals surface area contributed by atoms with Crippen LogP contribution in [0.25, 0.3) is 0 Å². The summed E-state index contributed by atoms with van der Waals surface area (Å²) in [5.74, 6) is 0.410. The molecule has 2 N–H and O–H groups in total. The highest BCUT2D eigenvalue weighted by Gasteiger charge is 2.41. The minimum absolute atomic E-state index is 0. The Morgan fingerprint density at radius 1 is 1.21 bits per heavy atom. The fourth-order valence-electron chi connectivity index (χ4n) is 2.35. The Morgan fingerprint density at radius 2 is 1.79 bits per heavy atom. The van der Waals surface area contributed by atoms with E-state index in [0.717, 1.165) is 6.42 Å². The standard InChI is InChI=1S/C14H26F3N5O.HI/c1-4-5-19-12(23)10-20-13(18-3)22-8-6-21(7-9-22)11(2)14(15,16)17;/h11H,4-10H2,1-3H3,(H,18,20)(H,19,23);1H. The van der Waals surface area contributed by atoms with Gasteiger partial charge < -0.3 is 15.5 Å². The lowest BCUT2D eigenvalue weighted by Crippen LogP contribution is -2.57. The highest BCUT2D eigenvalue weighted by atomic mass is 127. The van der Waals surface area contributed by atoms with E-state index in [1.165, 1.54) is 11.8 Å². The van der Waals surface area contributed by atoms with E-state index in [2.05, 4.69) is 15.6 Å². The molecule has 1 aliphatic heterocycles. The molecule has 1 aliphatic rings. The van der Waals surface area contributed by atoms with Crippen LogP contribution in [0.5, 0.6) is 0 Å². The van der Waals surface area contributed by atoms with Gasteiger partial charge in [-0.15, -0.1) is 24.0 Å². The topological polar surface area (TPSA) is 60.0 Å². The number of amides is 1. The average molecular weight is 465 g/mol. The zero-order chi connectivity index (χ0) is 17.5. The summed E-state index contributed by atoms with van der Waals surface area (Å²) in [6, 6.07) is -1.44. The summed E-state index contributed by atoms with van der Waals surface area (Å²) >= 11 is 0. The number of hydrogen-bond acceptors (Lipinski definition) is 3. The van der Waals surface area contributed by atoms with Gasteiger partial charge in [-0.3, -0.25) is 14.7 Å². The van der Waals surface area contributed by atoms with Gasteiger partial charge in [-0.1, -0.05) is 6.92 Å². The summed E-state index contributed by atoms with van der Waals surface area (Å²) in [6.45, 7) is 5.37. The molecule has 1 heterocycles. The molecule has 0 spiro atoms. The number of piperazine rings is 1. The van der Waals surface area contributed by atoms with Crippen molar-refractivity contribution in [3.05, 3.63) is 0 Å². The van der Waals surface area contributed by atoms with E-state index in [1.54, 1.807) is 7.05 Å². The van der Waals surface area contributed by atoms with E-state index in [-0.39, 0.29) is 36.4 Å². The molecule has 0 aliphatic carbocycles. The number of hydrogen-bond donors (Lipinski definition) is 2. The Morgan fingerprint density at radius 3 is 2.25 bits per heavy atom. The van der Waals surface area contributed by atoms with Crippen molar-refractivity contribution in [3.63, 3.8) is 0 Å². The molecule has 1 fully saturated rings. The molecule has 142 valence electrons. The number of alkyl halides is 3. The number of guanidine groups is 1. The van der Waals surface area contributed by atoms with Gasteiger partial charge in [0.05, 0.1) is 6.54 Å². The van der Waals surface area contributed by atoms with E-state index in [4.69, 9.17) is 0 Å². The maximum absolute atomic E-state index is 12.7. The van der Waals surface area contributed by atoms with Crippen LogP contribution < -0.4 is 10.6 Å². The van der Waals surface area contributed by atoms with Crippen LogP contribution in [0, 0.1) is 0 Å². The Balaban J connectivity index is 0.00000529. The summed E-state index contributed by atoms with van der Waals surface area (Å²) in [6.07, 6.45) is -3.35. The monoisotopic (exact) mass is 465 g/mol. The van der Waals surface area contributed by atoms with Crippen molar-refractivity contribution in [1.82, 2.24) is 20.4 Å². The number of aliphatic imine (C=N–C) groups is 1. The van der Waals surface area contributed by atoms with Crippen molar-refractivity contribution >= 4 is 35.8 Å². The first-order valence-corrected chi connectivity index (χ1v) is 7.82. The molecule has 1 saturated heterocycles. The van der Waals surface area contributed by atoms with Gasteiger partial charge in [-0.25, -0.2) is 0 Å². The molecule has 0 aromatic rings. The third-order valence-electron chi connectivity index (χ3n) is 3.83. The van der Waals surface area contributed by atoms with Gasteiger partial charge in [-0.2, -0.15) is 13.2 Å². The molecule has 0 bridgehead atoms. The third kappa shape index (κ3) is 7.41. The molecule has 0 aromatic heterocycles. The van der Waals surface area contributed by atoms with Crippen LogP contribution in [0.15, 0.2) is 4.99 Å². The van der Waals surface area contributed by atoms with Gasteiger partial charge in [0.25, 0.3) is 0 Å². The van der Waals surface area contributed by atoms with E-state index in [0.29, 0.717) is 38.7 Å². The van der Waals surface area contributed by atoms with Gasteiger partial charge in [0, 0.05) is 39.8 Å². The fraction of sp³-hybridized carbons (Fsp3) is 0.857. The van der Waals surface area contributed by atoms with E-state index < -0.39 is 12.2 Å². The molecule has 0 radical (unpaired) electrons. The van der Waals surface area contributed by atoms with Crippen LogP contribution in [0.1, 0.15) is 20.3 Å². The third-order valence-corrected chi connectivity index (χ3v) is 3.83. The number of carbonyl (C=O) groups is 1. The molecule has 1 amide bonds. The summed E-state index contributed by atoms with van der Waals surface area (Å²) in [4.78, 5) is 19.0. The molecule has 1 atom stereocenters. The first-order valence-electron chi connectivity index (χ1n) is 7.82. The van der Waals surface area contributed by atoms with Crippen LogP contribution >= 0.6 is 24.0 Å². The lowest BCUT2D eigenvalue weighted by Gasteiger charge is -2.39. The summed E-state index contributed by atoms with van der Waals surface area (Å²) < 4.78 is 38.2. The highest BCUT2D eigenvalue weighted by Crippen LogP contribution is 2.25. The van der Waals surface area contributed by atoms with Crippen LogP contribution in [-0.4, -0.2) is 80.2 Å². The maximum Gasteiger partial charge on any atom is 0.403 e. The largest absolute Gasteiger partial charge is 0.403 e. The predicted molar refractivity (Wildman–Crippen MR) is 98.7 cm³/mol. The number of nitrogens with zero attached hydrogens (tertiary/aromatic N) is 3. The summed E-state index contributed by atoms with van der Waals surface area (Å²) in [5, 5.41) is 5.69. The molecule has 0 aromatic carbocycles. The molecule has 10 heteroatoms. The van der Waals surface area contributed by atoms with Crippen molar-refractivity contribution in [3.8, 4) is 0 Å². The van der Waals surface area contributed by atoms with Gasteiger partial charge in [0.2, 0.25) is 5.91 Å². The smallest absolute Gasteiger partial charge is 0.355 e. The molecule has 0 saturated carbocycles. The van der Waals surface area contributed by atoms with Crippen molar-refractivity contribution < 1.29 is 18.0 Å². The molecular weight excluding hydrogens is 438 g/mol. The Hall–Kier alpha value is -0.780. The summed E-state index contributed by atoms with van der Waals surface area (Å²) in [7, 11) is 1.59. The second kappa shape index (κ2) is 11.0. The second-order valence-corrected chi connectivity index (χ2v) is 5.49. The zero-order valence-corrected chi connectivity index (χ0v) is 16.6. The van der Waals surface area contributed by atoms with E-state index >= 15 is 0 Å². The highest BCUT2D eigenvalue weighted by molar-refractivity contribution is 14.0. The van der Waals surface area contributed by atoms with E-state index in [9.17, 15) is 18.0 Å². The molecular formula is C14H27F3IN5O.